The Labute approximate surface area is 135 Å². The highest BCUT2D eigenvalue weighted by molar-refractivity contribution is 9.10. The van der Waals surface area contributed by atoms with Crippen molar-refractivity contribution in [2.45, 2.75) is 65.1 Å². The number of nitrogens with two attached hydrogens (primary N) is 1. The van der Waals surface area contributed by atoms with Crippen LogP contribution in [0.5, 0.6) is 0 Å². The molecule has 5 nitrogen and oxygen atoms in total. The van der Waals surface area contributed by atoms with E-state index in [4.69, 9.17) is 10.6 Å². The van der Waals surface area contributed by atoms with E-state index in [0.717, 1.165) is 42.1 Å². The van der Waals surface area contributed by atoms with Crippen LogP contribution < -0.4 is 11.3 Å². The lowest BCUT2D eigenvalue weighted by molar-refractivity contribution is -0.0290. The largest absolute Gasteiger partial charge is 0.378 e. The van der Waals surface area contributed by atoms with Gasteiger partial charge in [0, 0.05) is 25.6 Å². The minimum absolute atomic E-state index is 0.287. The molecule has 1 heterocycles. The number of aromatic nitrogens is 2. The maximum absolute atomic E-state index is 5.76. The second-order valence-corrected chi connectivity index (χ2v) is 6.67. The first-order valence-corrected chi connectivity index (χ1v) is 8.67. The van der Waals surface area contributed by atoms with Gasteiger partial charge < -0.3 is 4.74 Å². The maximum atomic E-state index is 5.76. The molecule has 6 heteroatoms. The predicted octanol–water partition coefficient (Wildman–Crippen LogP) is 2.55. The predicted molar refractivity (Wildman–Crippen MR) is 87.9 cm³/mol. The molecular formula is C15H27BrN4O. The van der Waals surface area contributed by atoms with Gasteiger partial charge in [-0.25, -0.2) is 0 Å². The zero-order chi connectivity index (χ0) is 15.4. The Morgan fingerprint density at radius 2 is 2.19 bits per heavy atom. The van der Waals surface area contributed by atoms with E-state index in [0.29, 0.717) is 6.10 Å². The third-order valence-corrected chi connectivity index (χ3v) is 5.37. The van der Waals surface area contributed by atoms with Crippen molar-refractivity contribution in [1.29, 1.82) is 0 Å². The van der Waals surface area contributed by atoms with E-state index in [-0.39, 0.29) is 6.04 Å². The highest BCUT2D eigenvalue weighted by Gasteiger charge is 2.31. The number of nitrogens with zero attached hydrogens (tertiary/aromatic N) is 2. The third-order valence-electron chi connectivity index (χ3n) is 4.34. The fraction of sp³-hybridized carbons (Fsp3) is 0.800. The van der Waals surface area contributed by atoms with Crippen LogP contribution >= 0.6 is 15.9 Å². The third kappa shape index (κ3) is 4.06. The van der Waals surface area contributed by atoms with Gasteiger partial charge >= 0.3 is 0 Å². The molecule has 21 heavy (non-hydrogen) atoms. The summed E-state index contributed by atoms with van der Waals surface area (Å²) >= 11 is 3.65. The number of hydrogen-bond donors (Lipinski definition) is 2. The number of halogens is 1. The molecule has 2 rings (SSSR count). The van der Waals surface area contributed by atoms with Gasteiger partial charge in [-0.2, -0.15) is 5.10 Å². The van der Waals surface area contributed by atoms with Crippen molar-refractivity contribution >= 4 is 15.9 Å². The fourth-order valence-electron chi connectivity index (χ4n) is 3.15. The summed E-state index contributed by atoms with van der Waals surface area (Å²) in [5, 5.41) is 4.55. The van der Waals surface area contributed by atoms with Crippen LogP contribution in [0.2, 0.25) is 0 Å². The van der Waals surface area contributed by atoms with Gasteiger partial charge in [0.05, 0.1) is 22.0 Å². The van der Waals surface area contributed by atoms with Crippen LogP contribution in [0.4, 0.5) is 0 Å². The van der Waals surface area contributed by atoms with Gasteiger partial charge in [0.15, 0.2) is 0 Å². The van der Waals surface area contributed by atoms with E-state index < -0.39 is 0 Å². The molecule has 0 bridgehead atoms. The van der Waals surface area contributed by atoms with Crippen LogP contribution in [0, 0.1) is 12.8 Å². The molecule has 0 aromatic carbocycles. The average molecular weight is 359 g/mol. The summed E-state index contributed by atoms with van der Waals surface area (Å²) in [6.45, 7) is 7.91. The molecule has 0 aliphatic heterocycles. The van der Waals surface area contributed by atoms with Gasteiger partial charge in [-0.1, -0.05) is 0 Å². The number of aryl methyl sites for hydroxylation is 2. The van der Waals surface area contributed by atoms with Crippen LogP contribution in [0.3, 0.4) is 0 Å². The number of ether oxygens (including phenoxy) is 1. The molecule has 1 aliphatic carbocycles. The van der Waals surface area contributed by atoms with Crippen LogP contribution in [0.25, 0.3) is 0 Å². The number of hydrogen-bond acceptors (Lipinski definition) is 4. The van der Waals surface area contributed by atoms with Crippen molar-refractivity contribution in [2.24, 2.45) is 11.8 Å². The molecule has 1 fully saturated rings. The van der Waals surface area contributed by atoms with E-state index in [1.54, 1.807) is 0 Å². The monoisotopic (exact) mass is 358 g/mol. The molecule has 1 aromatic heterocycles. The smallest absolute Gasteiger partial charge is 0.0738 e. The van der Waals surface area contributed by atoms with Crippen molar-refractivity contribution in [3.63, 3.8) is 0 Å². The summed E-state index contributed by atoms with van der Waals surface area (Å²) in [6.07, 6.45) is 4.80. The first-order chi connectivity index (χ1) is 10.1. The first-order valence-electron chi connectivity index (χ1n) is 7.88. The summed E-state index contributed by atoms with van der Waals surface area (Å²) < 4.78 is 8.81. The van der Waals surface area contributed by atoms with E-state index >= 15 is 0 Å². The molecule has 3 N–H and O–H groups in total. The lowest BCUT2D eigenvalue weighted by Crippen LogP contribution is -2.42. The SMILES string of the molecule is CCOC1CC(CC(Cc2c(Br)c(C)nn2CC)NN)C1. The molecule has 1 atom stereocenters. The average Bonchev–Trinajstić information content (AvgIpc) is 2.71. The van der Waals surface area contributed by atoms with Crippen molar-refractivity contribution in [1.82, 2.24) is 15.2 Å². The van der Waals surface area contributed by atoms with Gasteiger partial charge in [-0.3, -0.25) is 16.0 Å². The van der Waals surface area contributed by atoms with E-state index in [2.05, 4.69) is 45.0 Å². The Morgan fingerprint density at radius 1 is 1.48 bits per heavy atom. The highest BCUT2D eigenvalue weighted by atomic mass is 79.9. The summed E-state index contributed by atoms with van der Waals surface area (Å²) in [7, 11) is 0. The lowest BCUT2D eigenvalue weighted by atomic mass is 9.77. The van der Waals surface area contributed by atoms with Crippen LogP contribution in [-0.4, -0.2) is 28.5 Å². The molecular weight excluding hydrogens is 332 g/mol. The molecule has 0 amide bonds. The van der Waals surface area contributed by atoms with Crippen LogP contribution in [0.15, 0.2) is 4.47 Å². The first kappa shape index (κ1) is 16.9. The van der Waals surface area contributed by atoms with Gasteiger partial charge in [0.25, 0.3) is 0 Å². The number of nitrogens with one attached hydrogen (secondary N) is 1. The Balaban J connectivity index is 1.91. The molecule has 1 aliphatic rings. The van der Waals surface area contributed by atoms with Gasteiger partial charge in [0.2, 0.25) is 0 Å². The van der Waals surface area contributed by atoms with Crippen molar-refractivity contribution in [2.75, 3.05) is 6.61 Å². The van der Waals surface area contributed by atoms with Crippen molar-refractivity contribution < 1.29 is 4.74 Å². The Bertz CT molecular complexity index is 457. The Kier molecular flexibility index (Phi) is 6.22. The molecule has 1 aromatic rings. The molecule has 0 radical (unpaired) electrons. The van der Waals surface area contributed by atoms with Crippen LogP contribution in [-0.2, 0) is 17.7 Å². The topological polar surface area (TPSA) is 65.1 Å². The van der Waals surface area contributed by atoms with E-state index in [9.17, 15) is 0 Å². The van der Waals surface area contributed by atoms with Crippen LogP contribution in [0.1, 0.15) is 44.5 Å². The summed E-state index contributed by atoms with van der Waals surface area (Å²) in [4.78, 5) is 0. The fourth-order valence-corrected chi connectivity index (χ4v) is 3.59. The lowest BCUT2D eigenvalue weighted by Gasteiger charge is -2.37. The molecule has 120 valence electrons. The molecule has 1 unspecified atom stereocenters. The number of hydrazine groups is 1. The van der Waals surface area contributed by atoms with Gasteiger partial charge in [-0.05, 0) is 61.9 Å². The van der Waals surface area contributed by atoms with E-state index in [1.807, 2.05) is 6.92 Å². The highest BCUT2D eigenvalue weighted by Crippen LogP contribution is 2.34. The number of rotatable bonds is 8. The molecule has 0 spiro atoms. The standard InChI is InChI=1S/C15H27BrN4O/c1-4-20-14(15(16)10(3)19-20)9-12(18-17)6-11-7-13(8-11)21-5-2/h11-13,18H,4-9,17H2,1-3H3. The summed E-state index contributed by atoms with van der Waals surface area (Å²) in [5.41, 5.74) is 5.26. The molecule has 1 saturated carbocycles. The molecule has 0 saturated heterocycles. The summed E-state index contributed by atoms with van der Waals surface area (Å²) in [5.74, 6) is 6.49. The van der Waals surface area contributed by atoms with E-state index in [1.165, 1.54) is 18.5 Å². The quantitative estimate of drug-likeness (QED) is 0.553. The minimum atomic E-state index is 0.287. The maximum Gasteiger partial charge on any atom is 0.0738 e. The zero-order valence-corrected chi connectivity index (χ0v) is 14.8. The van der Waals surface area contributed by atoms with Crippen molar-refractivity contribution in [3.05, 3.63) is 15.9 Å². The van der Waals surface area contributed by atoms with Gasteiger partial charge in [-0.15, -0.1) is 0 Å². The van der Waals surface area contributed by atoms with Crippen molar-refractivity contribution in [3.8, 4) is 0 Å². The van der Waals surface area contributed by atoms with Gasteiger partial charge in [0.1, 0.15) is 0 Å². The second kappa shape index (κ2) is 7.72. The second-order valence-electron chi connectivity index (χ2n) is 5.88. The minimum Gasteiger partial charge on any atom is -0.378 e. The zero-order valence-electron chi connectivity index (χ0n) is 13.2. The Morgan fingerprint density at radius 3 is 2.76 bits per heavy atom. The summed E-state index contributed by atoms with van der Waals surface area (Å²) in [6, 6.07) is 0.287. The Hall–Kier alpha value is -0.430. The normalized spacial score (nSPS) is 23.1.